The number of nitrogen functional groups attached to an aromatic ring is 1. The number of carbonyl (C=O) groups is 2. The topological polar surface area (TPSA) is 98.2 Å². The van der Waals surface area contributed by atoms with Crippen LogP contribution in [0.1, 0.15) is 26.3 Å². The van der Waals surface area contributed by atoms with E-state index in [-0.39, 0.29) is 12.5 Å². The second-order valence-corrected chi connectivity index (χ2v) is 4.33. The third-order valence-electron chi connectivity index (χ3n) is 2.90. The number of rotatable bonds is 4. The minimum absolute atomic E-state index is 0.232. The van der Waals surface area contributed by atoms with Crippen LogP contribution in [0, 0.1) is 0 Å². The Kier molecular flexibility index (Phi) is 4.00. The van der Waals surface area contributed by atoms with Gasteiger partial charge in [0, 0.05) is 23.4 Å². The standard InChI is InChI=1S/C15H15N3O2/c16-12-7-5-10(6-8-12)15(20)18-9-11-3-1-2-4-13(11)14(17)19/h1-8H,9,16H2,(H2,17,19)(H,18,20). The molecule has 5 heteroatoms. The minimum atomic E-state index is -0.512. The normalized spacial score (nSPS) is 10.0. The largest absolute Gasteiger partial charge is 0.399 e. The quantitative estimate of drug-likeness (QED) is 0.729. The van der Waals surface area contributed by atoms with E-state index in [1.54, 1.807) is 48.5 Å². The number of primary amides is 1. The molecule has 5 nitrogen and oxygen atoms in total. The Morgan fingerprint density at radius 2 is 1.65 bits per heavy atom. The number of nitrogens with two attached hydrogens (primary N) is 2. The molecule has 0 atom stereocenters. The zero-order valence-corrected chi connectivity index (χ0v) is 10.8. The van der Waals surface area contributed by atoms with Gasteiger partial charge in [-0.1, -0.05) is 18.2 Å². The highest BCUT2D eigenvalue weighted by Crippen LogP contribution is 2.09. The molecule has 0 aliphatic heterocycles. The first-order chi connectivity index (χ1) is 9.58. The summed E-state index contributed by atoms with van der Waals surface area (Å²) in [5.41, 5.74) is 13.0. The van der Waals surface area contributed by atoms with Crippen LogP contribution in [0.2, 0.25) is 0 Å². The van der Waals surface area contributed by atoms with Gasteiger partial charge >= 0.3 is 0 Å². The van der Waals surface area contributed by atoms with Gasteiger partial charge < -0.3 is 16.8 Å². The molecule has 0 spiro atoms. The van der Waals surface area contributed by atoms with Crippen LogP contribution in [0.15, 0.2) is 48.5 Å². The van der Waals surface area contributed by atoms with Gasteiger partial charge in [0.1, 0.15) is 0 Å². The maximum absolute atomic E-state index is 11.9. The van der Waals surface area contributed by atoms with Crippen molar-refractivity contribution < 1.29 is 9.59 Å². The minimum Gasteiger partial charge on any atom is -0.399 e. The lowest BCUT2D eigenvalue weighted by molar-refractivity contribution is 0.0946. The van der Waals surface area contributed by atoms with Gasteiger partial charge in [0.15, 0.2) is 0 Å². The number of hydrogen-bond donors (Lipinski definition) is 3. The van der Waals surface area contributed by atoms with Crippen molar-refractivity contribution in [3.05, 3.63) is 65.2 Å². The molecule has 0 saturated carbocycles. The van der Waals surface area contributed by atoms with E-state index in [9.17, 15) is 9.59 Å². The van der Waals surface area contributed by atoms with Crippen molar-refractivity contribution >= 4 is 17.5 Å². The average Bonchev–Trinajstić information content (AvgIpc) is 2.45. The van der Waals surface area contributed by atoms with Crippen molar-refractivity contribution in [2.45, 2.75) is 6.54 Å². The molecule has 2 rings (SSSR count). The fourth-order valence-electron chi connectivity index (χ4n) is 1.83. The van der Waals surface area contributed by atoms with Crippen LogP contribution in [0.5, 0.6) is 0 Å². The van der Waals surface area contributed by atoms with Crippen LogP contribution in [0.25, 0.3) is 0 Å². The van der Waals surface area contributed by atoms with Crippen molar-refractivity contribution in [1.29, 1.82) is 0 Å². The summed E-state index contributed by atoms with van der Waals surface area (Å²) in [6.45, 7) is 0.238. The molecule has 2 aromatic rings. The Morgan fingerprint density at radius 1 is 1.00 bits per heavy atom. The van der Waals surface area contributed by atoms with Crippen molar-refractivity contribution in [1.82, 2.24) is 5.32 Å². The Balaban J connectivity index is 2.07. The number of benzene rings is 2. The molecule has 0 saturated heterocycles. The maximum atomic E-state index is 11.9. The van der Waals surface area contributed by atoms with Crippen LogP contribution in [-0.2, 0) is 6.54 Å². The molecule has 5 N–H and O–H groups in total. The molecule has 20 heavy (non-hydrogen) atoms. The summed E-state index contributed by atoms with van der Waals surface area (Å²) >= 11 is 0. The van der Waals surface area contributed by atoms with E-state index >= 15 is 0 Å². The van der Waals surface area contributed by atoms with Crippen LogP contribution in [-0.4, -0.2) is 11.8 Å². The first-order valence-electron chi connectivity index (χ1n) is 6.09. The van der Waals surface area contributed by atoms with E-state index < -0.39 is 5.91 Å². The predicted molar refractivity (Wildman–Crippen MR) is 77.0 cm³/mol. The Hall–Kier alpha value is -2.82. The summed E-state index contributed by atoms with van der Waals surface area (Å²) in [5, 5.41) is 2.74. The number of amides is 2. The lowest BCUT2D eigenvalue weighted by Crippen LogP contribution is -2.24. The highest BCUT2D eigenvalue weighted by atomic mass is 16.2. The van der Waals surface area contributed by atoms with E-state index in [4.69, 9.17) is 11.5 Å². The molecule has 0 radical (unpaired) electrons. The molecule has 2 aromatic carbocycles. The number of nitrogens with one attached hydrogen (secondary N) is 1. The maximum Gasteiger partial charge on any atom is 0.251 e. The van der Waals surface area contributed by atoms with Crippen molar-refractivity contribution in [2.24, 2.45) is 5.73 Å². The molecule has 0 heterocycles. The lowest BCUT2D eigenvalue weighted by atomic mass is 10.1. The van der Waals surface area contributed by atoms with Gasteiger partial charge in [-0.25, -0.2) is 0 Å². The molecule has 0 aliphatic carbocycles. The van der Waals surface area contributed by atoms with Gasteiger partial charge in [-0.3, -0.25) is 9.59 Å². The summed E-state index contributed by atoms with van der Waals surface area (Å²) < 4.78 is 0. The predicted octanol–water partition coefficient (Wildman–Crippen LogP) is 1.30. The SMILES string of the molecule is NC(=O)c1ccccc1CNC(=O)c1ccc(N)cc1. The van der Waals surface area contributed by atoms with Gasteiger partial charge in [0.2, 0.25) is 5.91 Å². The van der Waals surface area contributed by atoms with Gasteiger partial charge in [-0.15, -0.1) is 0 Å². The lowest BCUT2D eigenvalue weighted by Gasteiger charge is -2.08. The fraction of sp³-hybridized carbons (Fsp3) is 0.0667. The highest BCUT2D eigenvalue weighted by molar-refractivity contribution is 5.96. The molecule has 0 fully saturated rings. The Bertz CT molecular complexity index is 636. The van der Waals surface area contributed by atoms with Crippen LogP contribution in [0.4, 0.5) is 5.69 Å². The summed E-state index contributed by atoms with van der Waals surface area (Å²) in [5.74, 6) is -0.744. The van der Waals surface area contributed by atoms with Crippen molar-refractivity contribution in [3.63, 3.8) is 0 Å². The third kappa shape index (κ3) is 3.14. The smallest absolute Gasteiger partial charge is 0.251 e. The molecule has 0 unspecified atom stereocenters. The highest BCUT2D eigenvalue weighted by Gasteiger charge is 2.09. The molecule has 2 amide bonds. The molecular formula is C15H15N3O2. The second-order valence-electron chi connectivity index (χ2n) is 4.33. The Morgan fingerprint density at radius 3 is 2.30 bits per heavy atom. The zero-order chi connectivity index (χ0) is 14.5. The van der Waals surface area contributed by atoms with Gasteiger partial charge in [0.05, 0.1) is 0 Å². The number of hydrogen-bond acceptors (Lipinski definition) is 3. The molecular weight excluding hydrogens is 254 g/mol. The van der Waals surface area contributed by atoms with E-state index in [0.717, 1.165) is 0 Å². The monoisotopic (exact) mass is 269 g/mol. The molecule has 0 aromatic heterocycles. The zero-order valence-electron chi connectivity index (χ0n) is 10.8. The van der Waals surface area contributed by atoms with Gasteiger partial charge in [-0.2, -0.15) is 0 Å². The van der Waals surface area contributed by atoms with Gasteiger partial charge in [0.25, 0.3) is 5.91 Å². The van der Waals surface area contributed by atoms with Crippen LogP contribution in [0.3, 0.4) is 0 Å². The number of carbonyl (C=O) groups excluding carboxylic acids is 2. The summed E-state index contributed by atoms with van der Waals surface area (Å²) in [6.07, 6.45) is 0. The van der Waals surface area contributed by atoms with E-state index in [2.05, 4.69) is 5.32 Å². The van der Waals surface area contributed by atoms with Gasteiger partial charge in [-0.05, 0) is 35.9 Å². The summed E-state index contributed by atoms with van der Waals surface area (Å²) in [7, 11) is 0. The average molecular weight is 269 g/mol. The molecule has 0 aliphatic rings. The van der Waals surface area contributed by atoms with E-state index in [1.165, 1.54) is 0 Å². The molecule has 0 bridgehead atoms. The van der Waals surface area contributed by atoms with Crippen molar-refractivity contribution in [3.8, 4) is 0 Å². The van der Waals surface area contributed by atoms with Crippen LogP contribution >= 0.6 is 0 Å². The van der Waals surface area contributed by atoms with E-state index in [1.807, 2.05) is 0 Å². The van der Waals surface area contributed by atoms with Crippen molar-refractivity contribution in [2.75, 3.05) is 5.73 Å². The third-order valence-corrected chi connectivity index (χ3v) is 2.90. The summed E-state index contributed by atoms with van der Waals surface area (Å²) in [6, 6.07) is 13.5. The first-order valence-corrected chi connectivity index (χ1v) is 6.09. The van der Waals surface area contributed by atoms with E-state index in [0.29, 0.717) is 22.4 Å². The number of anilines is 1. The first kappa shape index (κ1) is 13.6. The van der Waals surface area contributed by atoms with Crippen LogP contribution < -0.4 is 16.8 Å². The summed E-state index contributed by atoms with van der Waals surface area (Å²) in [4.78, 5) is 23.2. The fourth-order valence-corrected chi connectivity index (χ4v) is 1.83. The Labute approximate surface area is 116 Å². The molecule has 102 valence electrons. The second kappa shape index (κ2) is 5.88.